The minimum Gasteiger partial charge on any atom is -0.371 e. The van der Waals surface area contributed by atoms with E-state index in [0.717, 1.165) is 55.6 Å². The van der Waals surface area contributed by atoms with E-state index in [-0.39, 0.29) is 5.91 Å². The minimum absolute atomic E-state index is 0.136. The van der Waals surface area contributed by atoms with Crippen LogP contribution in [0.5, 0.6) is 0 Å². The molecule has 2 saturated heterocycles. The minimum atomic E-state index is 0.136. The number of likely N-dealkylation sites (tertiary alicyclic amines) is 1. The maximum Gasteiger partial charge on any atom is 0.253 e. The topological polar surface area (TPSA) is 54.3 Å². The van der Waals surface area contributed by atoms with Gasteiger partial charge in [0.25, 0.3) is 5.91 Å². The van der Waals surface area contributed by atoms with E-state index in [1.807, 2.05) is 47.1 Å². The molecule has 0 aliphatic carbocycles. The van der Waals surface area contributed by atoms with Crippen molar-refractivity contribution in [2.24, 2.45) is 12.5 Å². The summed E-state index contributed by atoms with van der Waals surface area (Å²) in [5, 5.41) is 0. The number of pyridine rings is 1. The summed E-state index contributed by atoms with van der Waals surface area (Å²) in [5.41, 5.74) is 4.24. The van der Waals surface area contributed by atoms with E-state index in [1.165, 1.54) is 18.5 Å². The lowest BCUT2D eigenvalue weighted by Gasteiger charge is -2.47. The van der Waals surface area contributed by atoms with Gasteiger partial charge >= 0.3 is 0 Å². The van der Waals surface area contributed by atoms with E-state index in [2.05, 4.69) is 33.3 Å². The second-order valence-electron chi connectivity index (χ2n) is 8.46. The molecule has 0 bridgehead atoms. The molecule has 0 unspecified atom stereocenters. The maximum absolute atomic E-state index is 13.1. The van der Waals surface area contributed by atoms with Gasteiger partial charge < -0.3 is 14.4 Å². The van der Waals surface area contributed by atoms with E-state index >= 15 is 0 Å². The zero-order valence-corrected chi connectivity index (χ0v) is 16.8. The van der Waals surface area contributed by atoms with Gasteiger partial charge in [-0.2, -0.15) is 0 Å². The zero-order valence-electron chi connectivity index (χ0n) is 16.8. The van der Waals surface area contributed by atoms with Crippen LogP contribution in [0, 0.1) is 11.7 Å². The summed E-state index contributed by atoms with van der Waals surface area (Å²) in [6.45, 7) is 3.88. The first kappa shape index (κ1) is 18.2. The lowest BCUT2D eigenvalue weighted by Crippen LogP contribution is -2.48. The van der Waals surface area contributed by atoms with Crippen molar-refractivity contribution in [2.45, 2.75) is 25.7 Å². The molecule has 0 saturated carbocycles. The number of fused-ring (bicyclic) bond motifs is 1. The largest absolute Gasteiger partial charge is 0.371 e. The number of hydrogen-bond donors (Lipinski definition) is 0. The van der Waals surface area contributed by atoms with Gasteiger partial charge in [-0.3, -0.25) is 9.78 Å². The highest BCUT2D eigenvalue weighted by Gasteiger charge is 2.38. The van der Waals surface area contributed by atoms with Gasteiger partial charge in [0, 0.05) is 56.9 Å². The molecule has 1 aromatic carbocycles. The number of benzene rings is 1. The molecule has 149 valence electrons. The van der Waals surface area contributed by atoms with Gasteiger partial charge in [-0.05, 0) is 61.4 Å². The third kappa shape index (κ3) is 3.37. The monoisotopic (exact) mass is 388 g/mol. The second-order valence-corrected chi connectivity index (χ2v) is 8.46. The van der Waals surface area contributed by atoms with Gasteiger partial charge in [-0.25, -0.2) is 4.98 Å². The number of piperidine rings is 2. The first-order valence-corrected chi connectivity index (χ1v) is 10.4. The van der Waals surface area contributed by atoms with Gasteiger partial charge in [0.05, 0.1) is 11.0 Å². The molecule has 0 N–H and O–H groups in total. The van der Waals surface area contributed by atoms with Crippen molar-refractivity contribution in [1.29, 1.82) is 0 Å². The molecular weight excluding hydrogens is 362 g/mol. The Morgan fingerprint density at radius 3 is 2.41 bits per heavy atom. The highest BCUT2D eigenvalue weighted by Crippen LogP contribution is 2.42. The van der Waals surface area contributed by atoms with Crippen LogP contribution in [-0.4, -0.2) is 51.5 Å². The molecular formula is C23H26N5O. The highest BCUT2D eigenvalue weighted by atomic mass is 16.2. The van der Waals surface area contributed by atoms with Crippen molar-refractivity contribution < 1.29 is 4.79 Å². The molecule has 2 aliphatic rings. The average Bonchev–Trinajstić information content (AvgIpc) is 3.15. The molecule has 3 aromatic rings. The average molecular weight is 388 g/mol. The Balaban J connectivity index is 1.22. The third-order valence-corrected chi connectivity index (χ3v) is 6.87. The zero-order chi connectivity index (χ0) is 19.8. The SMILES string of the molecule is Cn1[c]nc2ccc(C(=O)N3CCC4(CC3)CCN(c3ccncc3)CC4)cc21. The van der Waals surface area contributed by atoms with E-state index < -0.39 is 0 Å². The molecule has 4 heterocycles. The van der Waals surface area contributed by atoms with E-state index in [4.69, 9.17) is 0 Å². The van der Waals surface area contributed by atoms with Gasteiger partial charge in [-0.1, -0.05) is 0 Å². The van der Waals surface area contributed by atoms with Gasteiger partial charge in [-0.15, -0.1) is 0 Å². The molecule has 6 nitrogen and oxygen atoms in total. The number of carbonyl (C=O) groups is 1. The maximum atomic E-state index is 13.1. The van der Waals surface area contributed by atoms with Gasteiger partial charge in [0.2, 0.25) is 0 Å². The number of carbonyl (C=O) groups excluding carboxylic acids is 1. The van der Waals surface area contributed by atoms with Crippen LogP contribution in [-0.2, 0) is 7.05 Å². The Bertz CT molecular complexity index is 1010. The van der Waals surface area contributed by atoms with Crippen LogP contribution in [0.3, 0.4) is 0 Å². The Labute approximate surface area is 171 Å². The smallest absolute Gasteiger partial charge is 0.253 e. The number of imidazole rings is 1. The highest BCUT2D eigenvalue weighted by molar-refractivity contribution is 5.97. The number of hydrogen-bond acceptors (Lipinski definition) is 4. The third-order valence-electron chi connectivity index (χ3n) is 6.87. The number of aromatic nitrogens is 3. The Hall–Kier alpha value is -2.89. The van der Waals surface area contributed by atoms with Crippen molar-refractivity contribution >= 4 is 22.6 Å². The van der Waals surface area contributed by atoms with Crippen molar-refractivity contribution in [1.82, 2.24) is 19.4 Å². The van der Waals surface area contributed by atoms with Crippen molar-refractivity contribution in [3.63, 3.8) is 0 Å². The van der Waals surface area contributed by atoms with Gasteiger partial charge in [0.15, 0.2) is 6.33 Å². The predicted octanol–water partition coefficient (Wildman–Crippen LogP) is 3.29. The number of anilines is 1. The van der Waals surface area contributed by atoms with Crippen LogP contribution in [0.2, 0.25) is 0 Å². The molecule has 29 heavy (non-hydrogen) atoms. The number of rotatable bonds is 2. The van der Waals surface area contributed by atoms with Crippen molar-refractivity contribution in [3.05, 3.63) is 54.6 Å². The molecule has 1 amide bonds. The molecule has 5 rings (SSSR count). The predicted molar refractivity (Wildman–Crippen MR) is 113 cm³/mol. The van der Waals surface area contributed by atoms with Crippen molar-refractivity contribution in [3.8, 4) is 0 Å². The second kappa shape index (κ2) is 7.17. The Morgan fingerprint density at radius 1 is 1.00 bits per heavy atom. The van der Waals surface area contributed by atoms with Crippen LogP contribution in [0.4, 0.5) is 5.69 Å². The molecule has 1 radical (unpaired) electrons. The molecule has 1 spiro atoms. The summed E-state index contributed by atoms with van der Waals surface area (Å²) in [6, 6.07) is 9.94. The van der Waals surface area contributed by atoms with Crippen molar-refractivity contribution in [2.75, 3.05) is 31.1 Å². The first-order chi connectivity index (χ1) is 14.1. The Kier molecular flexibility index (Phi) is 4.49. The van der Waals surface area contributed by atoms with Crippen LogP contribution in [0.15, 0.2) is 42.7 Å². The summed E-state index contributed by atoms with van der Waals surface area (Å²) < 4.78 is 1.84. The summed E-state index contributed by atoms with van der Waals surface area (Å²) >= 11 is 0. The lowest BCUT2D eigenvalue weighted by molar-refractivity contribution is 0.0515. The van der Waals surface area contributed by atoms with Crippen LogP contribution >= 0.6 is 0 Å². The quantitative estimate of drug-likeness (QED) is 0.676. The summed E-state index contributed by atoms with van der Waals surface area (Å²) in [4.78, 5) is 25.9. The molecule has 6 heteroatoms. The van der Waals surface area contributed by atoms with Gasteiger partial charge in [0.1, 0.15) is 0 Å². The van der Waals surface area contributed by atoms with Crippen LogP contribution in [0.1, 0.15) is 36.0 Å². The standard InChI is InChI=1S/C23H26N5O/c1-26-17-25-20-3-2-18(16-21(20)26)22(29)28-14-8-23(9-15-28)6-12-27(13-7-23)19-4-10-24-11-5-19/h2-5,10-11,16H,6-9,12-15H2,1H3. The fourth-order valence-electron chi connectivity index (χ4n) is 4.86. The summed E-state index contributed by atoms with van der Waals surface area (Å²) in [5.74, 6) is 0.136. The summed E-state index contributed by atoms with van der Waals surface area (Å²) in [7, 11) is 1.91. The molecule has 2 aliphatic heterocycles. The lowest BCUT2D eigenvalue weighted by atomic mass is 9.71. The van der Waals surface area contributed by atoms with Crippen LogP contribution < -0.4 is 4.90 Å². The number of nitrogens with zero attached hydrogens (tertiary/aromatic N) is 5. The fourth-order valence-corrected chi connectivity index (χ4v) is 4.86. The normalized spacial score (nSPS) is 19.1. The van der Waals surface area contributed by atoms with Crippen LogP contribution in [0.25, 0.3) is 11.0 Å². The summed E-state index contributed by atoms with van der Waals surface area (Å²) in [6.07, 6.45) is 11.3. The fraction of sp³-hybridized carbons (Fsp3) is 0.435. The molecule has 0 atom stereocenters. The van der Waals surface area contributed by atoms with E-state index in [0.29, 0.717) is 5.41 Å². The first-order valence-electron chi connectivity index (χ1n) is 10.4. The molecule has 2 fully saturated rings. The number of amides is 1. The molecule has 2 aromatic heterocycles. The Morgan fingerprint density at radius 2 is 1.69 bits per heavy atom. The van der Waals surface area contributed by atoms with E-state index in [1.54, 1.807) is 0 Å². The van der Waals surface area contributed by atoms with E-state index in [9.17, 15) is 4.79 Å². The number of aryl methyl sites for hydroxylation is 1.